The summed E-state index contributed by atoms with van der Waals surface area (Å²) >= 11 is 0. The normalized spacial score (nSPS) is 10.7. The van der Waals surface area contributed by atoms with Crippen LogP contribution in [0.4, 0.5) is 5.69 Å². The van der Waals surface area contributed by atoms with Crippen molar-refractivity contribution in [2.45, 2.75) is 6.54 Å². The van der Waals surface area contributed by atoms with Crippen molar-refractivity contribution >= 4 is 11.6 Å². The first kappa shape index (κ1) is 17.6. The van der Waals surface area contributed by atoms with Crippen LogP contribution in [0.3, 0.4) is 0 Å². The Morgan fingerprint density at radius 3 is 2.65 bits per heavy atom. The molecule has 0 atom stereocenters. The molecule has 0 aliphatic heterocycles. The van der Waals surface area contributed by atoms with Gasteiger partial charge in [0.1, 0.15) is 5.75 Å². The van der Waals surface area contributed by atoms with Gasteiger partial charge in [-0.15, -0.1) is 0 Å². The van der Waals surface area contributed by atoms with Gasteiger partial charge in [-0.1, -0.05) is 18.2 Å². The van der Waals surface area contributed by atoms with Crippen LogP contribution in [0.1, 0.15) is 10.4 Å². The molecule has 2 heterocycles. The minimum absolute atomic E-state index is 0.240. The minimum Gasteiger partial charge on any atom is -0.439 e. The standard InChI is InChI=1S/C19H21N5O2/c1-23(2)10-11-24-14-16(13-21-24)22-19(25)15-8-9-18(20-12-15)26-17-6-4-3-5-7-17/h3-9,12-14H,10-11H2,1-2H3,(H,22,25). The van der Waals surface area contributed by atoms with Crippen molar-refractivity contribution < 1.29 is 9.53 Å². The molecule has 0 saturated carbocycles. The van der Waals surface area contributed by atoms with Gasteiger partial charge in [-0.2, -0.15) is 5.10 Å². The van der Waals surface area contributed by atoms with Crippen LogP contribution in [0.25, 0.3) is 0 Å². The summed E-state index contributed by atoms with van der Waals surface area (Å²) in [4.78, 5) is 18.6. The van der Waals surface area contributed by atoms with E-state index in [-0.39, 0.29) is 5.91 Å². The molecule has 0 radical (unpaired) electrons. The molecule has 2 aromatic heterocycles. The molecule has 0 saturated heterocycles. The highest BCUT2D eigenvalue weighted by atomic mass is 16.5. The lowest BCUT2D eigenvalue weighted by molar-refractivity contribution is 0.102. The van der Waals surface area contributed by atoms with E-state index in [2.05, 4.69) is 20.3 Å². The lowest BCUT2D eigenvalue weighted by atomic mass is 10.2. The number of ether oxygens (including phenoxy) is 1. The van der Waals surface area contributed by atoms with E-state index < -0.39 is 0 Å². The molecule has 3 rings (SSSR count). The summed E-state index contributed by atoms with van der Waals surface area (Å²) in [6.45, 7) is 1.64. The van der Waals surface area contributed by atoms with Crippen LogP contribution in [0, 0.1) is 0 Å². The number of anilines is 1. The lowest BCUT2D eigenvalue weighted by Gasteiger charge is -2.08. The number of carbonyl (C=O) groups excluding carboxylic acids is 1. The van der Waals surface area contributed by atoms with Crippen molar-refractivity contribution in [2.75, 3.05) is 26.0 Å². The van der Waals surface area contributed by atoms with Gasteiger partial charge in [-0.25, -0.2) is 4.98 Å². The predicted molar refractivity (Wildman–Crippen MR) is 99.5 cm³/mol. The SMILES string of the molecule is CN(C)CCn1cc(NC(=O)c2ccc(Oc3ccccc3)nc2)cn1. The lowest BCUT2D eigenvalue weighted by Crippen LogP contribution is -2.18. The number of nitrogens with one attached hydrogen (secondary N) is 1. The Labute approximate surface area is 152 Å². The number of hydrogen-bond donors (Lipinski definition) is 1. The Bertz CT molecular complexity index is 844. The predicted octanol–water partition coefficient (Wildman–Crippen LogP) is 2.88. The Morgan fingerprint density at radius 2 is 1.96 bits per heavy atom. The quantitative estimate of drug-likeness (QED) is 0.709. The molecular formula is C19H21N5O2. The van der Waals surface area contributed by atoms with E-state index in [0.717, 1.165) is 13.1 Å². The number of benzene rings is 1. The van der Waals surface area contributed by atoms with E-state index in [1.807, 2.05) is 50.6 Å². The molecule has 0 spiro atoms. The maximum Gasteiger partial charge on any atom is 0.257 e. The monoisotopic (exact) mass is 351 g/mol. The van der Waals surface area contributed by atoms with Gasteiger partial charge in [-0.3, -0.25) is 9.48 Å². The Balaban J connectivity index is 1.58. The van der Waals surface area contributed by atoms with Crippen LogP contribution < -0.4 is 10.1 Å². The van der Waals surface area contributed by atoms with Crippen LogP contribution in [0.15, 0.2) is 61.1 Å². The zero-order chi connectivity index (χ0) is 18.4. The number of amides is 1. The van der Waals surface area contributed by atoms with Gasteiger partial charge in [0, 0.05) is 25.0 Å². The van der Waals surface area contributed by atoms with Gasteiger partial charge in [0.05, 0.1) is 24.0 Å². The molecule has 1 aromatic carbocycles. The fourth-order valence-corrected chi connectivity index (χ4v) is 2.24. The number of aromatic nitrogens is 3. The number of rotatable bonds is 7. The van der Waals surface area contributed by atoms with Gasteiger partial charge in [0.15, 0.2) is 0 Å². The zero-order valence-corrected chi connectivity index (χ0v) is 14.8. The maximum atomic E-state index is 12.3. The second-order valence-electron chi connectivity index (χ2n) is 6.05. The van der Waals surface area contributed by atoms with Crippen molar-refractivity contribution in [1.82, 2.24) is 19.7 Å². The molecule has 0 bridgehead atoms. The van der Waals surface area contributed by atoms with E-state index in [1.165, 1.54) is 6.20 Å². The highest BCUT2D eigenvalue weighted by Crippen LogP contribution is 2.18. The van der Waals surface area contributed by atoms with Gasteiger partial charge < -0.3 is 15.0 Å². The molecule has 0 unspecified atom stereocenters. The number of para-hydroxylation sites is 1. The van der Waals surface area contributed by atoms with Gasteiger partial charge in [-0.05, 0) is 32.3 Å². The largest absolute Gasteiger partial charge is 0.439 e. The van der Waals surface area contributed by atoms with Gasteiger partial charge >= 0.3 is 0 Å². The van der Waals surface area contributed by atoms with Gasteiger partial charge in [0.25, 0.3) is 5.91 Å². The smallest absolute Gasteiger partial charge is 0.257 e. The molecule has 134 valence electrons. The van der Waals surface area contributed by atoms with Crippen molar-refractivity contribution in [3.63, 3.8) is 0 Å². The van der Waals surface area contributed by atoms with Crippen molar-refractivity contribution in [2.24, 2.45) is 0 Å². The second kappa shape index (κ2) is 8.26. The number of pyridine rings is 1. The van der Waals surface area contributed by atoms with Crippen molar-refractivity contribution in [3.8, 4) is 11.6 Å². The highest BCUT2D eigenvalue weighted by molar-refractivity contribution is 6.03. The summed E-state index contributed by atoms with van der Waals surface area (Å²) in [5.74, 6) is 0.891. The molecular weight excluding hydrogens is 330 g/mol. The number of likely N-dealkylation sites (N-methyl/N-ethyl adjacent to an activating group) is 1. The molecule has 26 heavy (non-hydrogen) atoms. The van der Waals surface area contributed by atoms with Crippen LogP contribution in [-0.2, 0) is 6.54 Å². The first-order valence-corrected chi connectivity index (χ1v) is 8.27. The summed E-state index contributed by atoms with van der Waals surface area (Å²) < 4.78 is 7.42. The van der Waals surface area contributed by atoms with E-state index in [0.29, 0.717) is 22.9 Å². The molecule has 0 aliphatic carbocycles. The Kier molecular flexibility index (Phi) is 5.60. The first-order valence-electron chi connectivity index (χ1n) is 8.27. The minimum atomic E-state index is -0.240. The molecule has 7 nitrogen and oxygen atoms in total. The van der Waals surface area contributed by atoms with E-state index >= 15 is 0 Å². The summed E-state index contributed by atoms with van der Waals surface area (Å²) in [6.07, 6.45) is 4.93. The maximum absolute atomic E-state index is 12.3. The first-order chi connectivity index (χ1) is 12.6. The van der Waals surface area contributed by atoms with Gasteiger partial charge in [0.2, 0.25) is 5.88 Å². The number of nitrogens with zero attached hydrogens (tertiary/aromatic N) is 4. The summed E-state index contributed by atoms with van der Waals surface area (Å²) in [5.41, 5.74) is 1.10. The number of hydrogen-bond acceptors (Lipinski definition) is 5. The van der Waals surface area contributed by atoms with Crippen LogP contribution in [0.2, 0.25) is 0 Å². The molecule has 0 fully saturated rings. The zero-order valence-electron chi connectivity index (χ0n) is 14.8. The molecule has 3 aromatic rings. The van der Waals surface area contributed by atoms with E-state index in [4.69, 9.17) is 4.74 Å². The van der Waals surface area contributed by atoms with Crippen molar-refractivity contribution in [3.05, 3.63) is 66.6 Å². The molecule has 7 heteroatoms. The fourth-order valence-electron chi connectivity index (χ4n) is 2.24. The third-order valence-corrected chi connectivity index (χ3v) is 3.63. The molecule has 0 aliphatic rings. The molecule has 1 amide bonds. The number of carbonyl (C=O) groups is 1. The summed E-state index contributed by atoms with van der Waals surface area (Å²) in [5, 5.41) is 7.05. The third-order valence-electron chi connectivity index (χ3n) is 3.63. The van der Waals surface area contributed by atoms with Crippen LogP contribution in [0.5, 0.6) is 11.6 Å². The Morgan fingerprint density at radius 1 is 1.15 bits per heavy atom. The Hall–Kier alpha value is -3.19. The van der Waals surface area contributed by atoms with E-state index in [1.54, 1.807) is 23.0 Å². The topological polar surface area (TPSA) is 72.3 Å². The second-order valence-corrected chi connectivity index (χ2v) is 6.05. The fraction of sp³-hybridized carbons (Fsp3) is 0.211. The highest BCUT2D eigenvalue weighted by Gasteiger charge is 2.09. The molecule has 1 N–H and O–H groups in total. The average Bonchev–Trinajstić information content (AvgIpc) is 3.09. The van der Waals surface area contributed by atoms with E-state index in [9.17, 15) is 4.79 Å². The van der Waals surface area contributed by atoms with Crippen molar-refractivity contribution in [1.29, 1.82) is 0 Å². The summed E-state index contributed by atoms with van der Waals surface area (Å²) in [7, 11) is 4.01. The van der Waals surface area contributed by atoms with Crippen LogP contribution in [-0.4, -0.2) is 46.2 Å². The van der Waals surface area contributed by atoms with Crippen LogP contribution >= 0.6 is 0 Å². The third kappa shape index (κ3) is 4.90. The average molecular weight is 351 g/mol. The summed E-state index contributed by atoms with van der Waals surface area (Å²) in [6, 6.07) is 12.7.